The van der Waals surface area contributed by atoms with Gasteiger partial charge in [-0.1, -0.05) is 0 Å². The molecule has 0 amide bonds. The summed E-state index contributed by atoms with van der Waals surface area (Å²) in [5.41, 5.74) is 7.01. The zero-order valence-electron chi connectivity index (χ0n) is 18.7. The Bertz CT molecular complexity index is 1210. The zero-order valence-corrected chi connectivity index (χ0v) is 20.3. The van der Waals surface area contributed by atoms with Gasteiger partial charge in [0.15, 0.2) is 5.65 Å². The molecule has 0 saturated carbocycles. The van der Waals surface area contributed by atoms with Crippen LogP contribution < -0.4 is 20.7 Å². The third-order valence-corrected chi connectivity index (χ3v) is 6.21. The number of nitrogen functional groups attached to an aromatic ring is 1. The first-order chi connectivity index (χ1) is 16.0. The minimum Gasteiger partial charge on any atom is -0.431 e. The van der Waals surface area contributed by atoms with Gasteiger partial charge in [-0.3, -0.25) is 9.36 Å². The number of ketones is 1. The third kappa shape index (κ3) is 5.44. The lowest BCUT2D eigenvalue weighted by Gasteiger charge is -2.39. The van der Waals surface area contributed by atoms with Crippen LogP contribution in [-0.4, -0.2) is 51.7 Å². The Labute approximate surface area is 209 Å². The Morgan fingerprint density at radius 1 is 1.35 bits per heavy atom. The van der Waals surface area contributed by atoms with E-state index in [0.717, 1.165) is 30.7 Å². The highest BCUT2D eigenvalue weighted by atomic mass is 35.5. The molecule has 1 aromatic carbocycles. The molecule has 0 bridgehead atoms. The number of hydrogen-bond acceptors (Lipinski definition) is 9. The summed E-state index contributed by atoms with van der Waals surface area (Å²) in [4.78, 5) is 23.2. The summed E-state index contributed by atoms with van der Waals surface area (Å²) in [6, 6.07) is 10.9. The van der Waals surface area contributed by atoms with Crippen molar-refractivity contribution in [3.05, 3.63) is 42.9 Å². The second-order valence-corrected chi connectivity index (χ2v) is 8.42. The van der Waals surface area contributed by atoms with Gasteiger partial charge in [0.1, 0.15) is 23.7 Å². The molecule has 3 N–H and O–H groups in total. The maximum absolute atomic E-state index is 12.1. The van der Waals surface area contributed by atoms with Crippen LogP contribution >= 0.6 is 24.6 Å². The molecule has 0 spiro atoms. The number of carbonyl (C=O) groups is 1. The number of fused-ring (bicyclic) bond motifs is 1. The van der Waals surface area contributed by atoms with E-state index in [1.54, 1.807) is 28.8 Å². The van der Waals surface area contributed by atoms with E-state index < -0.39 is 0 Å². The van der Waals surface area contributed by atoms with Gasteiger partial charge in [-0.05, 0) is 61.4 Å². The largest absolute Gasteiger partial charge is 0.431 e. The molecule has 3 aromatic rings. The van der Waals surface area contributed by atoms with Crippen LogP contribution in [0.3, 0.4) is 0 Å². The fraction of sp³-hybridized carbons (Fsp3) is 0.348. The van der Waals surface area contributed by atoms with Crippen LogP contribution in [0.1, 0.15) is 19.3 Å². The smallest absolute Gasteiger partial charge is 0.274 e. The van der Waals surface area contributed by atoms with Crippen molar-refractivity contribution >= 4 is 58.1 Å². The van der Waals surface area contributed by atoms with Crippen molar-refractivity contribution in [1.82, 2.24) is 19.9 Å². The maximum Gasteiger partial charge on any atom is 0.274 e. The molecule has 1 saturated heterocycles. The molecule has 0 radical (unpaired) electrons. The molecule has 2 atom stereocenters. The number of likely N-dealkylation sites (N-methyl/N-ethyl adjacent to an activating group) is 1. The predicted molar refractivity (Wildman–Crippen MR) is 137 cm³/mol. The van der Waals surface area contributed by atoms with Crippen molar-refractivity contribution in [2.75, 3.05) is 30.8 Å². The molecule has 1 aliphatic rings. The number of nitrogens with two attached hydrogens (primary N) is 1. The first-order valence-electron chi connectivity index (χ1n) is 10.7. The number of ether oxygens (including phenoxy) is 1. The standard InChI is InChI=1S/C23H25N7O2S.ClH/c1-29(20-13-26-10-7-15(20)12-17(31)6-9-24)21-19-8-11-30(22(19)28-14-27-21)23(33)32-18-4-2-16(25)3-5-18;/h2-5,8,11,14-15,20,26H,6-7,10,12-13,25H2,1H3;1H/t15-,20+;/m1./s1. The number of nitrogens with one attached hydrogen (secondary N) is 1. The molecular weight excluding hydrogens is 474 g/mol. The number of nitrogens with zero attached hydrogens (tertiary/aromatic N) is 5. The van der Waals surface area contributed by atoms with E-state index in [9.17, 15) is 4.79 Å². The minimum absolute atomic E-state index is 0. The first-order valence-corrected chi connectivity index (χ1v) is 11.1. The van der Waals surface area contributed by atoms with Gasteiger partial charge in [0, 0.05) is 37.9 Å². The van der Waals surface area contributed by atoms with Gasteiger partial charge in [0.25, 0.3) is 5.17 Å². The molecule has 9 nitrogen and oxygen atoms in total. The van der Waals surface area contributed by atoms with E-state index in [0.29, 0.717) is 23.5 Å². The normalized spacial score (nSPS) is 17.4. The van der Waals surface area contributed by atoms with Crippen molar-refractivity contribution < 1.29 is 9.53 Å². The van der Waals surface area contributed by atoms with Gasteiger partial charge in [0.05, 0.1) is 17.9 Å². The quantitative estimate of drug-likeness (QED) is 0.389. The summed E-state index contributed by atoms with van der Waals surface area (Å²) in [7, 11) is 1.97. The highest BCUT2D eigenvalue weighted by Crippen LogP contribution is 2.30. The maximum atomic E-state index is 12.1. The Morgan fingerprint density at radius 2 is 2.12 bits per heavy atom. The molecule has 34 heavy (non-hydrogen) atoms. The molecule has 4 rings (SSSR count). The summed E-state index contributed by atoms with van der Waals surface area (Å²) >= 11 is 5.50. The number of hydrogen-bond donors (Lipinski definition) is 2. The van der Waals surface area contributed by atoms with E-state index in [1.807, 2.05) is 25.4 Å². The van der Waals surface area contributed by atoms with Gasteiger partial charge in [-0.2, -0.15) is 5.26 Å². The first kappa shape index (κ1) is 25.4. The number of rotatable bonds is 6. The summed E-state index contributed by atoms with van der Waals surface area (Å²) in [5.74, 6) is 1.45. The summed E-state index contributed by atoms with van der Waals surface area (Å²) < 4.78 is 7.51. The molecule has 1 aliphatic heterocycles. The minimum atomic E-state index is -0.0492. The van der Waals surface area contributed by atoms with Crippen molar-refractivity contribution in [3.8, 4) is 11.8 Å². The summed E-state index contributed by atoms with van der Waals surface area (Å²) in [5, 5.41) is 13.3. The van der Waals surface area contributed by atoms with Crippen LogP contribution in [0.2, 0.25) is 0 Å². The second-order valence-electron chi connectivity index (χ2n) is 8.07. The SMILES string of the molecule is CN(c1ncnc2c1ccn2C(=S)Oc1ccc(N)cc1)[C@H]1CNCC[C@@H]1CC(=O)CC#N.Cl. The average molecular weight is 500 g/mol. The molecule has 2 aromatic heterocycles. The van der Waals surface area contributed by atoms with Crippen LogP contribution in [0.15, 0.2) is 42.9 Å². The zero-order chi connectivity index (χ0) is 23.4. The van der Waals surface area contributed by atoms with Gasteiger partial charge in [-0.25, -0.2) is 9.97 Å². The molecule has 1 fully saturated rings. The highest BCUT2D eigenvalue weighted by Gasteiger charge is 2.31. The van der Waals surface area contributed by atoms with Gasteiger partial charge < -0.3 is 20.7 Å². The highest BCUT2D eigenvalue weighted by molar-refractivity contribution is 7.80. The fourth-order valence-corrected chi connectivity index (χ4v) is 4.49. The van der Waals surface area contributed by atoms with Crippen molar-refractivity contribution in [2.45, 2.75) is 25.3 Å². The van der Waals surface area contributed by atoms with E-state index in [1.165, 1.54) is 6.33 Å². The Hall–Kier alpha value is -3.26. The Morgan fingerprint density at radius 3 is 2.85 bits per heavy atom. The summed E-state index contributed by atoms with van der Waals surface area (Å²) in [6.07, 6.45) is 4.51. The number of Topliss-reactive ketones (excluding diaryl/α,β-unsaturated/α-hetero) is 1. The predicted octanol–water partition coefficient (Wildman–Crippen LogP) is 2.93. The van der Waals surface area contributed by atoms with E-state index in [4.69, 9.17) is 28.0 Å². The third-order valence-electron chi connectivity index (χ3n) is 5.93. The number of benzene rings is 1. The lowest BCUT2D eigenvalue weighted by atomic mass is 9.86. The van der Waals surface area contributed by atoms with Crippen LogP contribution in [0.4, 0.5) is 11.5 Å². The molecular formula is C23H26ClN7O2S. The van der Waals surface area contributed by atoms with Gasteiger partial charge in [0.2, 0.25) is 0 Å². The van der Waals surface area contributed by atoms with E-state index >= 15 is 0 Å². The average Bonchev–Trinajstić information content (AvgIpc) is 3.25. The topological polar surface area (TPSA) is 122 Å². The molecule has 0 aliphatic carbocycles. The number of anilines is 2. The van der Waals surface area contributed by atoms with Crippen molar-refractivity contribution in [2.24, 2.45) is 5.92 Å². The molecule has 0 unspecified atom stereocenters. The number of aromatic nitrogens is 3. The van der Waals surface area contributed by atoms with Crippen LogP contribution in [0, 0.1) is 17.2 Å². The lowest BCUT2D eigenvalue weighted by molar-refractivity contribution is -0.119. The van der Waals surface area contributed by atoms with Crippen LogP contribution in [0.5, 0.6) is 5.75 Å². The van der Waals surface area contributed by atoms with Gasteiger partial charge >= 0.3 is 0 Å². The number of piperidine rings is 1. The molecule has 3 heterocycles. The van der Waals surface area contributed by atoms with Crippen molar-refractivity contribution in [3.63, 3.8) is 0 Å². The summed E-state index contributed by atoms with van der Waals surface area (Å²) in [6.45, 7) is 1.58. The fourth-order valence-electron chi connectivity index (χ4n) is 4.25. The monoisotopic (exact) mass is 499 g/mol. The Balaban J connectivity index is 0.00000324. The Kier molecular flexibility index (Phi) is 8.39. The van der Waals surface area contributed by atoms with Crippen LogP contribution in [0.25, 0.3) is 11.0 Å². The van der Waals surface area contributed by atoms with Crippen LogP contribution in [-0.2, 0) is 4.79 Å². The number of thiocarbonyl (C=S) groups is 1. The van der Waals surface area contributed by atoms with Crippen molar-refractivity contribution in [1.29, 1.82) is 5.26 Å². The van der Waals surface area contributed by atoms with E-state index in [-0.39, 0.29) is 41.7 Å². The second kappa shape index (κ2) is 11.2. The van der Waals surface area contributed by atoms with E-state index in [2.05, 4.69) is 20.2 Å². The number of carbonyl (C=O) groups excluding carboxylic acids is 1. The van der Waals surface area contributed by atoms with Gasteiger partial charge in [-0.15, -0.1) is 12.4 Å². The lowest BCUT2D eigenvalue weighted by Crippen LogP contribution is -2.50. The molecule has 11 heteroatoms. The molecule has 178 valence electrons. The number of halogens is 1. The number of nitriles is 1.